The maximum atomic E-state index is 12.7. The molecule has 3 aliphatic heterocycles. The van der Waals surface area contributed by atoms with Gasteiger partial charge in [-0.25, -0.2) is 14.8 Å². The lowest BCUT2D eigenvalue weighted by Gasteiger charge is -2.27. The Balaban J connectivity index is 1.12. The van der Waals surface area contributed by atoms with Crippen LogP contribution < -0.4 is 19.7 Å². The topological polar surface area (TPSA) is 98.3 Å². The van der Waals surface area contributed by atoms with Crippen LogP contribution in [0.2, 0.25) is 0 Å². The summed E-state index contributed by atoms with van der Waals surface area (Å²) in [5.41, 5.74) is 5.85. The summed E-state index contributed by atoms with van der Waals surface area (Å²) in [6.45, 7) is 10.7. The van der Waals surface area contributed by atoms with Gasteiger partial charge in [-0.15, -0.1) is 0 Å². The molecule has 2 aromatic carbocycles. The molecule has 1 N–H and O–H groups in total. The number of anilines is 3. The molecule has 226 valence electrons. The molecule has 0 saturated carbocycles. The Bertz CT molecular complexity index is 1510. The van der Waals surface area contributed by atoms with E-state index >= 15 is 0 Å². The summed E-state index contributed by atoms with van der Waals surface area (Å²) in [5.74, 6) is 2.92. The molecule has 2 fully saturated rings. The van der Waals surface area contributed by atoms with Gasteiger partial charge in [-0.3, -0.25) is 0 Å². The fraction of sp³-hybridized carbons (Fsp3) is 0.485. The third kappa shape index (κ3) is 5.93. The third-order valence-electron chi connectivity index (χ3n) is 8.54. The van der Waals surface area contributed by atoms with E-state index in [2.05, 4.69) is 39.5 Å². The van der Waals surface area contributed by atoms with Crippen LogP contribution in [0, 0.1) is 11.8 Å². The molecule has 7 rings (SSSR count). The van der Waals surface area contributed by atoms with E-state index in [1.807, 2.05) is 44.0 Å². The second-order valence-electron chi connectivity index (χ2n) is 12.8. The molecular formula is C33H39N5O5. The summed E-state index contributed by atoms with van der Waals surface area (Å²) >= 11 is 0. The maximum absolute atomic E-state index is 12.7. The van der Waals surface area contributed by atoms with Gasteiger partial charge in [-0.1, -0.05) is 6.07 Å². The maximum Gasteiger partial charge on any atom is 0.410 e. The molecule has 43 heavy (non-hydrogen) atoms. The number of carbonyl (C=O) groups excluding carboxylic acids is 1. The van der Waals surface area contributed by atoms with Crippen LogP contribution in [0.15, 0.2) is 42.6 Å². The van der Waals surface area contributed by atoms with E-state index in [0.29, 0.717) is 57.3 Å². The lowest BCUT2D eigenvalue weighted by atomic mass is 9.90. The molecule has 2 unspecified atom stereocenters. The molecule has 0 radical (unpaired) electrons. The fourth-order valence-corrected chi connectivity index (χ4v) is 6.53. The largest absolute Gasteiger partial charge is 0.491 e. The first kappa shape index (κ1) is 27.8. The van der Waals surface area contributed by atoms with Gasteiger partial charge >= 0.3 is 6.09 Å². The minimum Gasteiger partial charge on any atom is -0.491 e. The molecule has 2 atom stereocenters. The van der Waals surface area contributed by atoms with Crippen LogP contribution in [0.5, 0.6) is 11.5 Å². The number of amides is 1. The van der Waals surface area contributed by atoms with Crippen molar-refractivity contribution in [1.29, 1.82) is 0 Å². The molecule has 6 bridgehead atoms. The van der Waals surface area contributed by atoms with Crippen LogP contribution in [0.3, 0.4) is 0 Å². The van der Waals surface area contributed by atoms with E-state index in [1.54, 1.807) is 0 Å². The predicted molar refractivity (Wildman–Crippen MR) is 163 cm³/mol. The van der Waals surface area contributed by atoms with Gasteiger partial charge in [0.25, 0.3) is 0 Å². The zero-order valence-corrected chi connectivity index (χ0v) is 25.1. The standard InChI is InChI=1S/C33H39N5O5/c1-33(2,3)43-32(39)38-19-23-17-37(18-24(23)20-38)28-9-7-25-14-29(28)42-13-11-40-10-12-41-26-8-6-21-4-5-22-16-34-31(35-25)36-30(22)27(21)15-26/h6-9,14-16,23-24H,4-5,10-13,17-20H2,1-3H3,(H,34,35,36). The smallest absolute Gasteiger partial charge is 0.410 e. The lowest BCUT2D eigenvalue weighted by Crippen LogP contribution is -2.37. The zero-order chi connectivity index (χ0) is 29.6. The number of hydrogen-bond acceptors (Lipinski definition) is 9. The van der Waals surface area contributed by atoms with Gasteiger partial charge in [-0.2, -0.15) is 0 Å². The number of nitrogens with zero attached hydrogens (tertiary/aromatic N) is 4. The Kier molecular flexibility index (Phi) is 7.25. The fourth-order valence-electron chi connectivity index (χ4n) is 6.53. The Morgan fingerprint density at radius 2 is 1.70 bits per heavy atom. The average molecular weight is 586 g/mol. The number of fused-ring (bicyclic) bond motifs is 5. The number of rotatable bonds is 1. The number of benzene rings is 2. The first-order chi connectivity index (χ1) is 20.8. The van der Waals surface area contributed by atoms with Gasteiger partial charge in [0.05, 0.1) is 24.6 Å². The summed E-state index contributed by atoms with van der Waals surface area (Å²) in [7, 11) is 0. The molecule has 1 aromatic heterocycles. The lowest BCUT2D eigenvalue weighted by molar-refractivity contribution is 0.0282. The number of nitrogens with one attached hydrogen (secondary N) is 1. The van der Waals surface area contributed by atoms with Crippen molar-refractivity contribution < 1.29 is 23.7 Å². The highest BCUT2D eigenvalue weighted by atomic mass is 16.6. The Morgan fingerprint density at radius 3 is 2.49 bits per heavy atom. The normalized spacial score (nSPS) is 21.4. The number of hydrogen-bond donors (Lipinski definition) is 1. The summed E-state index contributed by atoms with van der Waals surface area (Å²) in [6, 6.07) is 12.4. The van der Waals surface area contributed by atoms with E-state index < -0.39 is 5.60 Å². The molecule has 0 spiro atoms. The second kappa shape index (κ2) is 11.2. The van der Waals surface area contributed by atoms with Crippen molar-refractivity contribution in [3.63, 3.8) is 0 Å². The Morgan fingerprint density at radius 1 is 0.930 bits per heavy atom. The van der Waals surface area contributed by atoms with Crippen LogP contribution in [-0.4, -0.2) is 79.2 Å². The van der Waals surface area contributed by atoms with Crippen molar-refractivity contribution in [3.05, 3.63) is 53.7 Å². The van der Waals surface area contributed by atoms with Crippen LogP contribution in [0.1, 0.15) is 31.9 Å². The van der Waals surface area contributed by atoms with Gasteiger partial charge in [0.15, 0.2) is 0 Å². The first-order valence-corrected chi connectivity index (χ1v) is 15.3. The van der Waals surface area contributed by atoms with Gasteiger partial charge in [0.2, 0.25) is 5.95 Å². The monoisotopic (exact) mass is 585 g/mol. The summed E-state index contributed by atoms with van der Waals surface area (Å²) in [5, 5.41) is 3.41. The Labute approximate surface area is 252 Å². The molecule has 4 aliphatic rings. The van der Waals surface area contributed by atoms with E-state index in [-0.39, 0.29) is 6.09 Å². The van der Waals surface area contributed by atoms with Crippen LogP contribution >= 0.6 is 0 Å². The van der Waals surface area contributed by atoms with Crippen LogP contribution in [0.25, 0.3) is 11.3 Å². The quantitative estimate of drug-likeness (QED) is 0.419. The summed E-state index contributed by atoms with van der Waals surface area (Å²) < 4.78 is 23.8. The zero-order valence-electron chi connectivity index (χ0n) is 25.1. The highest BCUT2D eigenvalue weighted by molar-refractivity contribution is 5.73. The molecule has 1 aliphatic carbocycles. The van der Waals surface area contributed by atoms with Gasteiger partial charge in [0.1, 0.15) is 30.3 Å². The van der Waals surface area contributed by atoms with Crippen LogP contribution in [-0.2, 0) is 22.3 Å². The number of aryl methyl sites for hydroxylation is 2. The minimum absolute atomic E-state index is 0.221. The number of ether oxygens (including phenoxy) is 4. The molecule has 2 saturated heterocycles. The summed E-state index contributed by atoms with van der Waals surface area (Å²) in [4.78, 5) is 26.5. The number of carbonyl (C=O) groups is 1. The first-order valence-electron chi connectivity index (χ1n) is 15.3. The van der Waals surface area contributed by atoms with Crippen molar-refractivity contribution in [2.24, 2.45) is 11.8 Å². The predicted octanol–water partition coefficient (Wildman–Crippen LogP) is 5.08. The molecule has 4 heterocycles. The van der Waals surface area contributed by atoms with E-state index in [0.717, 1.165) is 65.6 Å². The van der Waals surface area contributed by atoms with Crippen LogP contribution in [0.4, 0.5) is 22.1 Å². The van der Waals surface area contributed by atoms with E-state index in [4.69, 9.17) is 23.9 Å². The van der Waals surface area contributed by atoms with E-state index in [1.165, 1.54) is 5.56 Å². The molecule has 10 heteroatoms. The average Bonchev–Trinajstić information content (AvgIpc) is 3.55. The van der Waals surface area contributed by atoms with Crippen molar-refractivity contribution >= 4 is 23.4 Å². The SMILES string of the molecule is CC(C)(C)OC(=O)N1CC2CN(c3ccc4cc3OCCOCCOc3ccc5c(c3)-c3nc(ncc3CC5)N4)CC2C1. The van der Waals surface area contributed by atoms with Gasteiger partial charge in [-0.05, 0) is 69.0 Å². The van der Waals surface area contributed by atoms with Gasteiger partial charge < -0.3 is 34.1 Å². The van der Waals surface area contributed by atoms with Crippen molar-refractivity contribution in [3.8, 4) is 22.8 Å². The highest BCUT2D eigenvalue weighted by Crippen LogP contribution is 2.40. The van der Waals surface area contributed by atoms with Crippen molar-refractivity contribution in [1.82, 2.24) is 14.9 Å². The molecule has 1 amide bonds. The summed E-state index contributed by atoms with van der Waals surface area (Å²) in [6.07, 6.45) is 3.58. The third-order valence-corrected chi connectivity index (χ3v) is 8.54. The number of likely N-dealkylation sites (tertiary alicyclic amines) is 1. The van der Waals surface area contributed by atoms with E-state index in [9.17, 15) is 4.79 Å². The number of aromatic nitrogens is 2. The Hall–Kier alpha value is -4.05. The van der Waals surface area contributed by atoms with Crippen molar-refractivity contribution in [2.45, 2.75) is 39.2 Å². The molecule has 10 nitrogen and oxygen atoms in total. The van der Waals surface area contributed by atoms with Gasteiger partial charge in [0, 0.05) is 61.5 Å². The minimum atomic E-state index is -0.492. The molecular weight excluding hydrogens is 546 g/mol. The molecule has 3 aromatic rings. The van der Waals surface area contributed by atoms with Crippen molar-refractivity contribution in [2.75, 3.05) is 62.8 Å². The highest BCUT2D eigenvalue weighted by Gasteiger charge is 2.43. The second-order valence-corrected chi connectivity index (χ2v) is 12.8.